The van der Waals surface area contributed by atoms with Gasteiger partial charge >= 0.3 is 0 Å². The highest BCUT2D eigenvalue weighted by Crippen LogP contribution is 2.35. The highest BCUT2D eigenvalue weighted by atomic mass is 16.3. The molecule has 7 nitrogen and oxygen atoms in total. The lowest BCUT2D eigenvalue weighted by Gasteiger charge is -2.47. The van der Waals surface area contributed by atoms with Crippen LogP contribution < -0.4 is 5.32 Å². The maximum atomic E-state index is 12.6. The Hall–Kier alpha value is -1.63. The first kappa shape index (κ1) is 22.4. The Labute approximate surface area is 157 Å². The summed E-state index contributed by atoms with van der Waals surface area (Å²) in [6.45, 7) is 13.1. The van der Waals surface area contributed by atoms with Gasteiger partial charge in [0.1, 0.15) is 0 Å². The molecule has 0 saturated carbocycles. The van der Waals surface area contributed by atoms with E-state index in [-0.39, 0.29) is 35.9 Å². The number of amides is 2. The molecule has 0 aliphatic carbocycles. The van der Waals surface area contributed by atoms with E-state index in [9.17, 15) is 9.59 Å². The minimum absolute atomic E-state index is 0.0579. The standard InChI is InChI=1S/C18H33N3O2.CH2O2/c1-6-7-20-8-9-21(13-16(20)23)15(22)10-14-11-17(2,3)19-18(4,5)12-14;2-1-3/h14,19H,6-13H2,1-5H3;1H,(H,2,3). The molecular weight excluding hydrogens is 334 g/mol. The third-order valence-electron chi connectivity index (χ3n) is 4.90. The van der Waals surface area contributed by atoms with Gasteiger partial charge in [-0.05, 0) is 52.9 Å². The number of hydrogen-bond acceptors (Lipinski definition) is 4. The number of rotatable bonds is 4. The molecule has 2 rings (SSSR count). The Morgan fingerprint density at radius 3 is 2.23 bits per heavy atom. The lowest BCUT2D eigenvalue weighted by molar-refractivity contribution is -0.146. The molecule has 2 saturated heterocycles. The van der Waals surface area contributed by atoms with Crippen molar-refractivity contribution in [3.05, 3.63) is 0 Å². The summed E-state index contributed by atoms with van der Waals surface area (Å²) < 4.78 is 0. The fourth-order valence-electron chi connectivity index (χ4n) is 4.48. The zero-order valence-electron chi connectivity index (χ0n) is 16.9. The van der Waals surface area contributed by atoms with Crippen molar-refractivity contribution in [2.75, 3.05) is 26.2 Å². The van der Waals surface area contributed by atoms with Crippen LogP contribution in [0.2, 0.25) is 0 Å². The Morgan fingerprint density at radius 2 is 1.77 bits per heavy atom. The van der Waals surface area contributed by atoms with Gasteiger partial charge in [-0.2, -0.15) is 0 Å². The molecule has 150 valence electrons. The van der Waals surface area contributed by atoms with Crippen LogP contribution in [0.1, 0.15) is 60.3 Å². The van der Waals surface area contributed by atoms with Gasteiger partial charge in [-0.3, -0.25) is 14.4 Å². The van der Waals surface area contributed by atoms with Crippen molar-refractivity contribution in [3.63, 3.8) is 0 Å². The first-order chi connectivity index (χ1) is 12.0. The molecule has 0 unspecified atom stereocenters. The smallest absolute Gasteiger partial charge is 0.290 e. The van der Waals surface area contributed by atoms with Crippen LogP contribution in [0.25, 0.3) is 0 Å². The van der Waals surface area contributed by atoms with E-state index in [0.29, 0.717) is 25.4 Å². The summed E-state index contributed by atoms with van der Waals surface area (Å²) in [5, 5.41) is 10.5. The summed E-state index contributed by atoms with van der Waals surface area (Å²) in [6.07, 6.45) is 3.55. The number of piperidine rings is 1. The van der Waals surface area contributed by atoms with E-state index in [1.165, 1.54) is 0 Å². The molecule has 0 aromatic carbocycles. The van der Waals surface area contributed by atoms with E-state index >= 15 is 0 Å². The van der Waals surface area contributed by atoms with Crippen LogP contribution >= 0.6 is 0 Å². The molecule has 2 heterocycles. The van der Waals surface area contributed by atoms with Crippen molar-refractivity contribution in [3.8, 4) is 0 Å². The number of hydrogen-bond donors (Lipinski definition) is 2. The van der Waals surface area contributed by atoms with Gasteiger partial charge in [-0.25, -0.2) is 0 Å². The summed E-state index contributed by atoms with van der Waals surface area (Å²) >= 11 is 0. The number of carboxylic acid groups (broad SMARTS) is 1. The van der Waals surface area contributed by atoms with Crippen molar-refractivity contribution < 1.29 is 19.5 Å². The van der Waals surface area contributed by atoms with Crippen LogP contribution in [-0.2, 0) is 14.4 Å². The van der Waals surface area contributed by atoms with E-state index in [0.717, 1.165) is 25.8 Å². The van der Waals surface area contributed by atoms with E-state index < -0.39 is 0 Å². The van der Waals surface area contributed by atoms with Crippen LogP contribution in [0.5, 0.6) is 0 Å². The molecule has 2 amide bonds. The van der Waals surface area contributed by atoms with Gasteiger partial charge in [0, 0.05) is 37.1 Å². The topological polar surface area (TPSA) is 90.0 Å². The van der Waals surface area contributed by atoms with E-state index in [2.05, 4.69) is 39.9 Å². The number of carbonyl (C=O) groups excluding carboxylic acids is 2. The molecule has 0 aromatic heterocycles. The lowest BCUT2D eigenvalue weighted by Crippen LogP contribution is -2.58. The Bertz CT molecular complexity index is 489. The van der Waals surface area contributed by atoms with Gasteiger partial charge in [0.05, 0.1) is 6.54 Å². The highest BCUT2D eigenvalue weighted by molar-refractivity contribution is 5.86. The molecule has 7 heteroatoms. The summed E-state index contributed by atoms with van der Waals surface area (Å²) in [7, 11) is 0. The summed E-state index contributed by atoms with van der Waals surface area (Å²) in [6, 6.07) is 0. The second-order valence-electron chi connectivity index (χ2n) is 8.67. The first-order valence-corrected chi connectivity index (χ1v) is 9.46. The largest absolute Gasteiger partial charge is 0.483 e. The molecule has 0 bridgehead atoms. The minimum atomic E-state index is -0.250. The molecule has 2 aliphatic rings. The van der Waals surface area contributed by atoms with Gasteiger partial charge in [-0.1, -0.05) is 6.92 Å². The molecule has 26 heavy (non-hydrogen) atoms. The summed E-state index contributed by atoms with van der Waals surface area (Å²) in [5.41, 5.74) is 0.116. The number of nitrogens with zero attached hydrogens (tertiary/aromatic N) is 2. The quantitative estimate of drug-likeness (QED) is 0.737. The monoisotopic (exact) mass is 369 g/mol. The fourth-order valence-corrected chi connectivity index (χ4v) is 4.48. The molecule has 0 atom stereocenters. The second-order valence-corrected chi connectivity index (χ2v) is 8.67. The van der Waals surface area contributed by atoms with Crippen LogP contribution in [0, 0.1) is 5.92 Å². The average molecular weight is 370 g/mol. The summed E-state index contributed by atoms with van der Waals surface area (Å²) in [5.74, 6) is 0.628. The maximum Gasteiger partial charge on any atom is 0.290 e. The molecule has 0 aromatic rings. The molecule has 2 N–H and O–H groups in total. The number of nitrogens with one attached hydrogen (secondary N) is 1. The van der Waals surface area contributed by atoms with Crippen molar-refractivity contribution >= 4 is 18.3 Å². The van der Waals surface area contributed by atoms with Crippen LogP contribution in [-0.4, -0.2) is 70.4 Å². The van der Waals surface area contributed by atoms with Crippen molar-refractivity contribution in [1.82, 2.24) is 15.1 Å². The van der Waals surface area contributed by atoms with Crippen molar-refractivity contribution in [1.29, 1.82) is 0 Å². The maximum absolute atomic E-state index is 12.6. The second kappa shape index (κ2) is 9.35. The third kappa shape index (κ3) is 6.94. The predicted molar refractivity (Wildman–Crippen MR) is 101 cm³/mol. The van der Waals surface area contributed by atoms with E-state index in [1.807, 2.05) is 4.90 Å². The molecule has 2 aliphatic heterocycles. The van der Waals surface area contributed by atoms with Crippen LogP contribution in [0.15, 0.2) is 0 Å². The van der Waals surface area contributed by atoms with Crippen molar-refractivity contribution in [2.45, 2.75) is 71.4 Å². The SMILES string of the molecule is CCCN1CCN(C(=O)CC2CC(C)(C)NC(C)(C)C2)CC1=O.O=CO. The van der Waals surface area contributed by atoms with Gasteiger partial charge < -0.3 is 20.2 Å². The summed E-state index contributed by atoms with van der Waals surface area (Å²) in [4.78, 5) is 36.7. The Balaban J connectivity index is 0.00000105. The van der Waals surface area contributed by atoms with E-state index in [1.54, 1.807) is 4.90 Å². The zero-order valence-corrected chi connectivity index (χ0v) is 16.9. The zero-order chi connectivity index (χ0) is 20.0. The normalized spacial score (nSPS) is 22.4. The predicted octanol–water partition coefficient (Wildman–Crippen LogP) is 1.71. The number of carbonyl (C=O) groups is 3. The average Bonchev–Trinajstić information content (AvgIpc) is 2.47. The van der Waals surface area contributed by atoms with Gasteiger partial charge in [0.25, 0.3) is 6.47 Å². The molecular formula is C19H35N3O4. The van der Waals surface area contributed by atoms with Gasteiger partial charge in [0.2, 0.25) is 11.8 Å². The minimum Gasteiger partial charge on any atom is -0.483 e. The van der Waals surface area contributed by atoms with Crippen LogP contribution in [0.3, 0.4) is 0 Å². The Morgan fingerprint density at radius 1 is 1.23 bits per heavy atom. The van der Waals surface area contributed by atoms with Gasteiger partial charge in [-0.15, -0.1) is 0 Å². The van der Waals surface area contributed by atoms with E-state index in [4.69, 9.17) is 9.90 Å². The Kier molecular flexibility index (Phi) is 8.06. The molecule has 2 fully saturated rings. The molecule has 0 radical (unpaired) electrons. The number of piperazine rings is 1. The fraction of sp³-hybridized carbons (Fsp3) is 0.842. The lowest BCUT2D eigenvalue weighted by atomic mass is 9.74. The van der Waals surface area contributed by atoms with Crippen LogP contribution in [0.4, 0.5) is 0 Å². The third-order valence-corrected chi connectivity index (χ3v) is 4.90. The van der Waals surface area contributed by atoms with Gasteiger partial charge in [0.15, 0.2) is 0 Å². The molecule has 0 spiro atoms. The van der Waals surface area contributed by atoms with Crippen molar-refractivity contribution in [2.24, 2.45) is 5.92 Å². The first-order valence-electron chi connectivity index (χ1n) is 9.46. The highest BCUT2D eigenvalue weighted by Gasteiger charge is 2.39.